The van der Waals surface area contributed by atoms with Gasteiger partial charge in [0.2, 0.25) is 11.3 Å². The Balaban J connectivity index is 1.61. The molecule has 0 bridgehead atoms. The molecule has 0 unspecified atom stereocenters. The maximum atomic E-state index is 12.2. The molecule has 7 nitrogen and oxygen atoms in total. The van der Waals surface area contributed by atoms with E-state index >= 15 is 0 Å². The van der Waals surface area contributed by atoms with Gasteiger partial charge < -0.3 is 19.2 Å². The van der Waals surface area contributed by atoms with Gasteiger partial charge in [0.15, 0.2) is 5.75 Å². The molecule has 1 aromatic carbocycles. The number of fused-ring (bicyclic) bond motifs is 1. The van der Waals surface area contributed by atoms with Crippen LogP contribution >= 0.6 is 0 Å². The lowest BCUT2D eigenvalue weighted by atomic mass is 10.3. The molecule has 0 aliphatic carbocycles. The molecule has 0 radical (unpaired) electrons. The first-order chi connectivity index (χ1) is 12.5. The number of imidazole rings is 1. The summed E-state index contributed by atoms with van der Waals surface area (Å²) in [6.07, 6.45) is 2.20. The second kappa shape index (κ2) is 7.43. The summed E-state index contributed by atoms with van der Waals surface area (Å²) in [5, 5.41) is 2.90. The molecular weight excluding hydrogens is 332 g/mol. The average molecular weight is 354 g/mol. The number of rotatable bonds is 6. The lowest BCUT2D eigenvalue weighted by Crippen LogP contribution is -2.30. The van der Waals surface area contributed by atoms with Crippen molar-refractivity contribution in [3.8, 4) is 5.75 Å². The standard InChI is InChI=1S/C19H22N4O3/c1-13-10-16(24)17(26-3)11-23(13)12-19(25)20-9-8-18-21-14-6-4-5-7-15(14)22(18)2/h4-7,10-11H,8-9,12H2,1-3H3,(H,20,25). The van der Waals surface area contributed by atoms with Crippen LogP contribution in [0.4, 0.5) is 0 Å². The summed E-state index contributed by atoms with van der Waals surface area (Å²) < 4.78 is 8.77. The smallest absolute Gasteiger partial charge is 0.239 e. The number of carbonyl (C=O) groups is 1. The Kier molecular flexibility index (Phi) is 5.06. The second-order valence-corrected chi connectivity index (χ2v) is 6.15. The fourth-order valence-electron chi connectivity index (χ4n) is 2.92. The van der Waals surface area contributed by atoms with Crippen LogP contribution in [0.5, 0.6) is 5.75 Å². The first-order valence-electron chi connectivity index (χ1n) is 8.41. The Bertz CT molecular complexity index is 1000. The number of para-hydroxylation sites is 2. The number of nitrogens with zero attached hydrogens (tertiary/aromatic N) is 3. The largest absolute Gasteiger partial charge is 0.491 e. The molecule has 0 spiro atoms. The molecular formula is C19H22N4O3. The number of ether oxygens (including phenoxy) is 1. The molecule has 3 aromatic rings. The van der Waals surface area contributed by atoms with Crippen molar-refractivity contribution >= 4 is 16.9 Å². The molecule has 1 N–H and O–H groups in total. The lowest BCUT2D eigenvalue weighted by Gasteiger charge is -2.12. The Morgan fingerprint density at radius 2 is 2.08 bits per heavy atom. The van der Waals surface area contributed by atoms with Crippen LogP contribution in [-0.2, 0) is 24.8 Å². The van der Waals surface area contributed by atoms with E-state index in [9.17, 15) is 9.59 Å². The van der Waals surface area contributed by atoms with Gasteiger partial charge in [0.25, 0.3) is 0 Å². The van der Waals surface area contributed by atoms with Gasteiger partial charge in [-0.2, -0.15) is 0 Å². The molecule has 3 rings (SSSR count). The highest BCUT2D eigenvalue weighted by molar-refractivity contribution is 5.76. The minimum atomic E-state index is -0.191. The van der Waals surface area contributed by atoms with Crippen molar-refractivity contribution in [2.45, 2.75) is 19.9 Å². The number of hydrogen-bond acceptors (Lipinski definition) is 4. The van der Waals surface area contributed by atoms with Crippen LogP contribution in [0, 0.1) is 6.92 Å². The third kappa shape index (κ3) is 3.61. The molecule has 7 heteroatoms. The van der Waals surface area contributed by atoms with E-state index in [4.69, 9.17) is 4.74 Å². The highest BCUT2D eigenvalue weighted by Gasteiger charge is 2.10. The molecule has 136 valence electrons. The molecule has 0 fully saturated rings. The fourth-order valence-corrected chi connectivity index (χ4v) is 2.92. The van der Waals surface area contributed by atoms with Crippen LogP contribution in [0.2, 0.25) is 0 Å². The first-order valence-corrected chi connectivity index (χ1v) is 8.41. The maximum absolute atomic E-state index is 12.2. The van der Waals surface area contributed by atoms with Crippen LogP contribution < -0.4 is 15.5 Å². The summed E-state index contributed by atoms with van der Waals surface area (Å²) in [5.41, 5.74) is 2.54. The molecule has 0 aliphatic heterocycles. The number of amides is 1. The molecule has 2 heterocycles. The van der Waals surface area contributed by atoms with E-state index in [2.05, 4.69) is 10.3 Å². The summed E-state index contributed by atoms with van der Waals surface area (Å²) in [4.78, 5) is 28.5. The summed E-state index contributed by atoms with van der Waals surface area (Å²) in [6.45, 7) is 2.41. The minimum absolute atomic E-state index is 0.127. The molecule has 0 atom stereocenters. The van der Waals surface area contributed by atoms with Gasteiger partial charge in [-0.25, -0.2) is 4.98 Å². The number of aryl methyl sites for hydroxylation is 2. The van der Waals surface area contributed by atoms with Crippen LogP contribution in [0.25, 0.3) is 11.0 Å². The van der Waals surface area contributed by atoms with E-state index in [1.165, 1.54) is 13.2 Å². The van der Waals surface area contributed by atoms with Crippen molar-refractivity contribution in [3.05, 3.63) is 58.3 Å². The van der Waals surface area contributed by atoms with E-state index in [1.54, 1.807) is 17.7 Å². The van der Waals surface area contributed by atoms with Gasteiger partial charge >= 0.3 is 0 Å². The fraction of sp³-hybridized carbons (Fsp3) is 0.316. The third-order valence-corrected chi connectivity index (χ3v) is 4.39. The van der Waals surface area contributed by atoms with E-state index in [-0.39, 0.29) is 23.6 Å². The number of benzene rings is 1. The minimum Gasteiger partial charge on any atom is -0.491 e. The van der Waals surface area contributed by atoms with E-state index in [1.807, 2.05) is 35.9 Å². The number of methoxy groups -OCH3 is 1. The average Bonchev–Trinajstić information content (AvgIpc) is 2.94. The molecule has 2 aromatic heterocycles. The number of aromatic nitrogens is 3. The zero-order valence-electron chi connectivity index (χ0n) is 15.2. The van der Waals surface area contributed by atoms with Crippen molar-refractivity contribution in [2.24, 2.45) is 7.05 Å². The van der Waals surface area contributed by atoms with E-state index in [0.717, 1.165) is 16.9 Å². The van der Waals surface area contributed by atoms with Crippen molar-refractivity contribution in [2.75, 3.05) is 13.7 Å². The number of hydrogen-bond donors (Lipinski definition) is 1. The van der Waals surface area contributed by atoms with E-state index < -0.39 is 0 Å². The van der Waals surface area contributed by atoms with Crippen LogP contribution in [0.1, 0.15) is 11.5 Å². The highest BCUT2D eigenvalue weighted by Crippen LogP contribution is 2.14. The van der Waals surface area contributed by atoms with Gasteiger partial charge in [0.05, 0.1) is 24.3 Å². The van der Waals surface area contributed by atoms with Gasteiger partial charge in [-0.3, -0.25) is 9.59 Å². The van der Waals surface area contributed by atoms with Crippen molar-refractivity contribution in [1.29, 1.82) is 0 Å². The Labute approximate surface area is 151 Å². The normalized spacial score (nSPS) is 10.9. The summed E-state index contributed by atoms with van der Waals surface area (Å²) in [6, 6.07) is 9.41. The zero-order chi connectivity index (χ0) is 18.7. The number of carbonyl (C=O) groups excluding carboxylic acids is 1. The van der Waals surface area contributed by atoms with Gasteiger partial charge in [0.1, 0.15) is 12.4 Å². The Morgan fingerprint density at radius 3 is 2.81 bits per heavy atom. The summed E-state index contributed by atoms with van der Waals surface area (Å²) in [7, 11) is 3.41. The van der Waals surface area contributed by atoms with Crippen LogP contribution in [-0.4, -0.2) is 33.7 Å². The maximum Gasteiger partial charge on any atom is 0.239 e. The van der Waals surface area contributed by atoms with Crippen molar-refractivity contribution in [3.63, 3.8) is 0 Å². The summed E-state index contributed by atoms with van der Waals surface area (Å²) in [5.74, 6) is 1.02. The highest BCUT2D eigenvalue weighted by atomic mass is 16.5. The Morgan fingerprint density at radius 1 is 1.31 bits per heavy atom. The first kappa shape index (κ1) is 17.7. The van der Waals surface area contributed by atoms with E-state index in [0.29, 0.717) is 18.7 Å². The molecule has 0 aliphatic rings. The van der Waals surface area contributed by atoms with Crippen molar-refractivity contribution in [1.82, 2.24) is 19.4 Å². The predicted molar refractivity (Wildman–Crippen MR) is 99.4 cm³/mol. The second-order valence-electron chi connectivity index (χ2n) is 6.15. The van der Waals surface area contributed by atoms with Crippen LogP contribution in [0.3, 0.4) is 0 Å². The van der Waals surface area contributed by atoms with Crippen molar-refractivity contribution < 1.29 is 9.53 Å². The molecule has 0 saturated carbocycles. The SMILES string of the molecule is COc1cn(CC(=O)NCCc2nc3ccccc3n2C)c(C)cc1=O. The number of pyridine rings is 1. The third-order valence-electron chi connectivity index (χ3n) is 4.39. The quantitative estimate of drug-likeness (QED) is 0.726. The molecule has 1 amide bonds. The molecule has 0 saturated heterocycles. The van der Waals surface area contributed by atoms with Gasteiger partial charge in [0, 0.05) is 31.8 Å². The lowest BCUT2D eigenvalue weighted by molar-refractivity contribution is -0.121. The summed E-state index contributed by atoms with van der Waals surface area (Å²) >= 11 is 0. The number of nitrogens with one attached hydrogen (secondary N) is 1. The zero-order valence-corrected chi connectivity index (χ0v) is 15.2. The van der Waals surface area contributed by atoms with Gasteiger partial charge in [-0.1, -0.05) is 12.1 Å². The van der Waals surface area contributed by atoms with Gasteiger partial charge in [-0.05, 0) is 19.1 Å². The predicted octanol–water partition coefficient (Wildman–Crippen LogP) is 1.41. The topological polar surface area (TPSA) is 78.2 Å². The molecule has 26 heavy (non-hydrogen) atoms. The Hall–Kier alpha value is -3.09. The van der Waals surface area contributed by atoms with Crippen LogP contribution in [0.15, 0.2) is 41.3 Å². The van der Waals surface area contributed by atoms with Gasteiger partial charge in [-0.15, -0.1) is 0 Å². The monoisotopic (exact) mass is 354 g/mol.